The third-order valence-electron chi connectivity index (χ3n) is 3.65. The molecule has 100 valence electrons. The summed E-state index contributed by atoms with van der Waals surface area (Å²) in [5, 5.41) is 9.99. The molecular formula is C14H18F2O2. The van der Waals surface area contributed by atoms with Gasteiger partial charge in [-0.3, -0.25) is 0 Å². The Labute approximate surface area is 106 Å². The zero-order valence-corrected chi connectivity index (χ0v) is 10.5. The van der Waals surface area contributed by atoms with Crippen molar-refractivity contribution < 1.29 is 18.6 Å². The molecule has 0 aromatic heterocycles. The van der Waals surface area contributed by atoms with Crippen molar-refractivity contribution in [2.45, 2.75) is 38.2 Å². The highest BCUT2D eigenvalue weighted by molar-refractivity contribution is 5.31. The van der Waals surface area contributed by atoms with Gasteiger partial charge in [0, 0.05) is 12.1 Å². The largest absolute Gasteiger partial charge is 0.497 e. The van der Waals surface area contributed by atoms with Gasteiger partial charge in [-0.15, -0.1) is 0 Å². The second kappa shape index (κ2) is 5.65. The molecule has 1 N–H and O–H groups in total. The lowest BCUT2D eigenvalue weighted by atomic mass is 9.95. The quantitative estimate of drug-likeness (QED) is 0.892. The zero-order valence-electron chi connectivity index (χ0n) is 10.5. The normalized spacial score (nSPS) is 18.0. The number of methoxy groups -OCH3 is 1. The number of hydrogen-bond acceptors (Lipinski definition) is 2. The second-order valence-corrected chi connectivity index (χ2v) is 4.91. The molecular weight excluding hydrogens is 238 g/mol. The monoisotopic (exact) mass is 256 g/mol. The minimum absolute atomic E-state index is 0.127. The van der Waals surface area contributed by atoms with Crippen LogP contribution in [0.5, 0.6) is 5.75 Å². The first-order valence-electron chi connectivity index (χ1n) is 6.32. The lowest BCUT2D eigenvalue weighted by molar-refractivity contribution is 0.136. The van der Waals surface area contributed by atoms with Gasteiger partial charge < -0.3 is 9.84 Å². The molecule has 4 heteroatoms. The molecule has 0 aliphatic heterocycles. The van der Waals surface area contributed by atoms with E-state index >= 15 is 0 Å². The van der Waals surface area contributed by atoms with Crippen LogP contribution in [0, 0.1) is 17.6 Å². The minimum Gasteiger partial charge on any atom is -0.497 e. The summed E-state index contributed by atoms with van der Waals surface area (Å²) in [6.07, 6.45) is 3.72. The number of halogens is 2. The molecule has 1 aliphatic rings. The van der Waals surface area contributed by atoms with E-state index in [9.17, 15) is 13.9 Å². The molecule has 1 aliphatic carbocycles. The standard InChI is InChI=1S/C14H18F2O2/c1-18-10-7-11(15)14(12(16)8-10)13(17)6-9-4-2-3-5-9/h7-9,13,17H,2-6H2,1H3. The van der Waals surface area contributed by atoms with E-state index in [2.05, 4.69) is 0 Å². The molecule has 1 aromatic rings. The summed E-state index contributed by atoms with van der Waals surface area (Å²) in [6, 6.07) is 2.21. The van der Waals surface area contributed by atoms with Gasteiger partial charge in [0.25, 0.3) is 0 Å². The van der Waals surface area contributed by atoms with Gasteiger partial charge in [-0.2, -0.15) is 0 Å². The Kier molecular flexibility index (Phi) is 4.17. The number of hydrogen-bond donors (Lipinski definition) is 1. The number of benzene rings is 1. The Morgan fingerprint density at radius 1 is 1.28 bits per heavy atom. The van der Waals surface area contributed by atoms with Crippen molar-refractivity contribution in [3.8, 4) is 5.75 Å². The van der Waals surface area contributed by atoms with Gasteiger partial charge in [-0.25, -0.2) is 8.78 Å². The van der Waals surface area contributed by atoms with Crippen molar-refractivity contribution in [1.82, 2.24) is 0 Å². The van der Waals surface area contributed by atoms with Crippen molar-refractivity contribution in [3.63, 3.8) is 0 Å². The Morgan fingerprint density at radius 3 is 2.33 bits per heavy atom. The summed E-state index contributed by atoms with van der Waals surface area (Å²) < 4.78 is 32.3. The van der Waals surface area contributed by atoms with E-state index in [0.29, 0.717) is 12.3 Å². The fourth-order valence-electron chi connectivity index (χ4n) is 2.68. The fraction of sp³-hybridized carbons (Fsp3) is 0.571. The van der Waals surface area contributed by atoms with Crippen molar-refractivity contribution in [2.75, 3.05) is 7.11 Å². The highest BCUT2D eigenvalue weighted by Gasteiger charge is 2.24. The molecule has 0 bridgehead atoms. The molecule has 0 spiro atoms. The summed E-state index contributed by atoms with van der Waals surface area (Å²) in [7, 11) is 1.35. The van der Waals surface area contributed by atoms with E-state index in [1.807, 2.05) is 0 Å². The molecule has 18 heavy (non-hydrogen) atoms. The van der Waals surface area contributed by atoms with E-state index in [0.717, 1.165) is 37.8 Å². The molecule has 0 heterocycles. The predicted molar refractivity (Wildman–Crippen MR) is 64.4 cm³/mol. The molecule has 1 fully saturated rings. The van der Waals surface area contributed by atoms with Crippen LogP contribution < -0.4 is 4.74 Å². The lowest BCUT2D eigenvalue weighted by Crippen LogP contribution is -2.09. The maximum atomic E-state index is 13.7. The molecule has 0 saturated heterocycles. The molecule has 1 unspecified atom stereocenters. The van der Waals surface area contributed by atoms with E-state index in [4.69, 9.17) is 4.74 Å². The average Bonchev–Trinajstić information content (AvgIpc) is 2.80. The van der Waals surface area contributed by atoms with Gasteiger partial charge in [-0.1, -0.05) is 25.7 Å². The molecule has 1 aromatic carbocycles. The van der Waals surface area contributed by atoms with Crippen LogP contribution in [0.1, 0.15) is 43.8 Å². The van der Waals surface area contributed by atoms with Gasteiger partial charge in [0.05, 0.1) is 18.8 Å². The van der Waals surface area contributed by atoms with E-state index in [1.165, 1.54) is 7.11 Å². The van der Waals surface area contributed by atoms with E-state index in [-0.39, 0.29) is 11.3 Å². The second-order valence-electron chi connectivity index (χ2n) is 4.91. The van der Waals surface area contributed by atoms with Crippen LogP contribution >= 0.6 is 0 Å². The average molecular weight is 256 g/mol. The van der Waals surface area contributed by atoms with Crippen LogP contribution in [0.2, 0.25) is 0 Å². The van der Waals surface area contributed by atoms with E-state index in [1.54, 1.807) is 0 Å². The van der Waals surface area contributed by atoms with Crippen molar-refractivity contribution in [1.29, 1.82) is 0 Å². The van der Waals surface area contributed by atoms with Crippen LogP contribution in [0.25, 0.3) is 0 Å². The number of aliphatic hydroxyl groups excluding tert-OH is 1. The van der Waals surface area contributed by atoms with Crippen LogP contribution in [0.3, 0.4) is 0 Å². The summed E-state index contributed by atoms with van der Waals surface area (Å²) in [5.74, 6) is -0.975. The Bertz CT molecular complexity index is 391. The highest BCUT2D eigenvalue weighted by Crippen LogP contribution is 2.35. The van der Waals surface area contributed by atoms with Gasteiger partial charge in [0.2, 0.25) is 0 Å². The summed E-state index contributed by atoms with van der Waals surface area (Å²) in [6.45, 7) is 0. The number of rotatable bonds is 4. The first-order chi connectivity index (χ1) is 8.61. The topological polar surface area (TPSA) is 29.5 Å². The Balaban J connectivity index is 2.15. The van der Waals surface area contributed by atoms with Crippen LogP contribution in [0.15, 0.2) is 12.1 Å². The van der Waals surface area contributed by atoms with Crippen LogP contribution in [0.4, 0.5) is 8.78 Å². The van der Waals surface area contributed by atoms with Crippen molar-refractivity contribution in [2.24, 2.45) is 5.92 Å². The predicted octanol–water partition coefficient (Wildman–Crippen LogP) is 3.59. The van der Waals surface area contributed by atoms with Gasteiger partial charge in [0.15, 0.2) is 0 Å². The molecule has 0 amide bonds. The molecule has 1 atom stereocenters. The Morgan fingerprint density at radius 2 is 1.83 bits per heavy atom. The molecule has 0 radical (unpaired) electrons. The molecule has 2 rings (SSSR count). The summed E-state index contributed by atoms with van der Waals surface area (Å²) in [5.41, 5.74) is -0.234. The van der Waals surface area contributed by atoms with Gasteiger partial charge in [-0.05, 0) is 12.3 Å². The number of aliphatic hydroxyl groups is 1. The van der Waals surface area contributed by atoms with Crippen molar-refractivity contribution in [3.05, 3.63) is 29.3 Å². The summed E-state index contributed by atoms with van der Waals surface area (Å²) >= 11 is 0. The molecule has 1 saturated carbocycles. The summed E-state index contributed by atoms with van der Waals surface area (Å²) in [4.78, 5) is 0. The lowest BCUT2D eigenvalue weighted by Gasteiger charge is -2.17. The maximum Gasteiger partial charge on any atom is 0.135 e. The van der Waals surface area contributed by atoms with Gasteiger partial charge in [0.1, 0.15) is 17.4 Å². The van der Waals surface area contributed by atoms with Crippen LogP contribution in [-0.4, -0.2) is 12.2 Å². The first kappa shape index (κ1) is 13.3. The smallest absolute Gasteiger partial charge is 0.135 e. The van der Waals surface area contributed by atoms with Crippen LogP contribution in [-0.2, 0) is 0 Å². The third-order valence-corrected chi connectivity index (χ3v) is 3.65. The highest BCUT2D eigenvalue weighted by atomic mass is 19.1. The van der Waals surface area contributed by atoms with E-state index < -0.39 is 17.7 Å². The zero-order chi connectivity index (χ0) is 13.1. The first-order valence-corrected chi connectivity index (χ1v) is 6.32. The third kappa shape index (κ3) is 2.80. The van der Waals surface area contributed by atoms with Crippen molar-refractivity contribution >= 4 is 0 Å². The minimum atomic E-state index is -1.07. The molecule has 2 nitrogen and oxygen atoms in total. The fourth-order valence-corrected chi connectivity index (χ4v) is 2.68. The SMILES string of the molecule is COc1cc(F)c(C(O)CC2CCCC2)c(F)c1. The number of ether oxygens (including phenoxy) is 1. The van der Waals surface area contributed by atoms with Gasteiger partial charge >= 0.3 is 0 Å². The maximum absolute atomic E-state index is 13.7. The Hall–Kier alpha value is -1.16.